The standard InChI is InChI=1S/C8H10BrNO2/c1-6-4-7(5-12-6)8(11)10-3-2-9/h4-5H,2-3H2,1H3,(H,10,11). The van der Waals surface area contributed by atoms with E-state index in [1.807, 2.05) is 0 Å². The monoisotopic (exact) mass is 231 g/mol. The summed E-state index contributed by atoms with van der Waals surface area (Å²) in [5, 5.41) is 3.48. The minimum absolute atomic E-state index is 0.0914. The maximum atomic E-state index is 11.2. The van der Waals surface area contributed by atoms with E-state index in [9.17, 15) is 4.79 Å². The molecule has 1 aromatic rings. The highest BCUT2D eigenvalue weighted by atomic mass is 79.9. The van der Waals surface area contributed by atoms with Crippen LogP contribution in [0, 0.1) is 6.92 Å². The third-order valence-corrected chi connectivity index (χ3v) is 1.77. The zero-order valence-corrected chi connectivity index (χ0v) is 8.35. The summed E-state index contributed by atoms with van der Waals surface area (Å²) in [5.74, 6) is 0.658. The van der Waals surface area contributed by atoms with Crippen molar-refractivity contribution in [2.45, 2.75) is 6.92 Å². The number of carbonyl (C=O) groups is 1. The van der Waals surface area contributed by atoms with Gasteiger partial charge >= 0.3 is 0 Å². The highest BCUT2D eigenvalue weighted by Crippen LogP contribution is 2.05. The second kappa shape index (κ2) is 4.30. The van der Waals surface area contributed by atoms with Crippen molar-refractivity contribution in [3.8, 4) is 0 Å². The molecule has 0 aliphatic heterocycles. The fourth-order valence-corrected chi connectivity index (χ4v) is 1.02. The maximum Gasteiger partial charge on any atom is 0.254 e. The summed E-state index contributed by atoms with van der Waals surface area (Å²) < 4.78 is 4.99. The van der Waals surface area contributed by atoms with Crippen molar-refractivity contribution in [2.24, 2.45) is 0 Å². The fraction of sp³-hybridized carbons (Fsp3) is 0.375. The summed E-state index contributed by atoms with van der Waals surface area (Å²) >= 11 is 3.22. The first-order chi connectivity index (χ1) is 5.74. The molecule has 0 unspecified atom stereocenters. The number of carbonyl (C=O) groups excluding carboxylic acids is 1. The van der Waals surface area contributed by atoms with Crippen molar-refractivity contribution >= 4 is 21.8 Å². The van der Waals surface area contributed by atoms with Crippen molar-refractivity contribution in [3.05, 3.63) is 23.7 Å². The largest absolute Gasteiger partial charge is 0.469 e. The summed E-state index contributed by atoms with van der Waals surface area (Å²) in [6.45, 7) is 2.43. The van der Waals surface area contributed by atoms with E-state index >= 15 is 0 Å². The molecule has 4 heteroatoms. The minimum Gasteiger partial charge on any atom is -0.469 e. The molecule has 0 aromatic carbocycles. The number of amides is 1. The molecule has 0 aliphatic carbocycles. The average molecular weight is 232 g/mol. The van der Waals surface area contributed by atoms with Crippen LogP contribution in [0.3, 0.4) is 0 Å². The van der Waals surface area contributed by atoms with Gasteiger partial charge in [-0.15, -0.1) is 0 Å². The molecule has 0 saturated heterocycles. The Bertz CT molecular complexity index is 270. The van der Waals surface area contributed by atoms with Crippen molar-refractivity contribution in [3.63, 3.8) is 0 Å². The van der Waals surface area contributed by atoms with Crippen LogP contribution >= 0.6 is 15.9 Å². The van der Waals surface area contributed by atoms with Crippen LogP contribution in [0.25, 0.3) is 0 Å². The Balaban J connectivity index is 2.53. The Hall–Kier alpha value is -0.770. The topological polar surface area (TPSA) is 42.2 Å². The SMILES string of the molecule is Cc1cc(C(=O)NCCBr)co1. The van der Waals surface area contributed by atoms with Gasteiger partial charge in [0.05, 0.1) is 5.56 Å². The zero-order chi connectivity index (χ0) is 8.97. The molecule has 1 rings (SSSR count). The Labute approximate surface area is 79.3 Å². The van der Waals surface area contributed by atoms with Gasteiger partial charge in [-0.3, -0.25) is 4.79 Å². The Morgan fingerprint density at radius 3 is 3.00 bits per heavy atom. The molecule has 0 fully saturated rings. The van der Waals surface area contributed by atoms with Gasteiger partial charge in [0, 0.05) is 11.9 Å². The highest BCUT2D eigenvalue weighted by Gasteiger charge is 2.06. The average Bonchev–Trinajstić information content (AvgIpc) is 2.47. The van der Waals surface area contributed by atoms with Crippen LogP contribution in [0.5, 0.6) is 0 Å². The van der Waals surface area contributed by atoms with Gasteiger partial charge in [0.2, 0.25) is 0 Å². The normalized spacial score (nSPS) is 9.83. The van der Waals surface area contributed by atoms with E-state index in [4.69, 9.17) is 4.42 Å². The van der Waals surface area contributed by atoms with Crippen LogP contribution in [0.2, 0.25) is 0 Å². The quantitative estimate of drug-likeness (QED) is 0.806. The lowest BCUT2D eigenvalue weighted by atomic mass is 10.3. The van der Waals surface area contributed by atoms with Gasteiger partial charge in [-0.05, 0) is 13.0 Å². The second-order valence-electron chi connectivity index (χ2n) is 2.39. The Morgan fingerprint density at radius 2 is 2.50 bits per heavy atom. The maximum absolute atomic E-state index is 11.2. The first-order valence-electron chi connectivity index (χ1n) is 3.63. The fourth-order valence-electron chi connectivity index (χ4n) is 0.825. The lowest BCUT2D eigenvalue weighted by molar-refractivity contribution is 0.0955. The van der Waals surface area contributed by atoms with E-state index in [2.05, 4.69) is 21.2 Å². The number of rotatable bonds is 3. The van der Waals surface area contributed by atoms with E-state index in [1.165, 1.54) is 6.26 Å². The molecule has 0 atom stereocenters. The van der Waals surface area contributed by atoms with Gasteiger partial charge < -0.3 is 9.73 Å². The third kappa shape index (κ3) is 2.37. The Morgan fingerprint density at radius 1 is 1.75 bits per heavy atom. The number of alkyl halides is 1. The lowest BCUT2D eigenvalue weighted by Crippen LogP contribution is -2.24. The van der Waals surface area contributed by atoms with Gasteiger partial charge in [-0.2, -0.15) is 0 Å². The van der Waals surface area contributed by atoms with Gasteiger partial charge in [-0.25, -0.2) is 0 Å². The highest BCUT2D eigenvalue weighted by molar-refractivity contribution is 9.09. The van der Waals surface area contributed by atoms with E-state index in [0.717, 1.165) is 11.1 Å². The first kappa shape index (κ1) is 9.32. The first-order valence-corrected chi connectivity index (χ1v) is 4.75. The number of halogens is 1. The number of nitrogens with one attached hydrogen (secondary N) is 1. The third-order valence-electron chi connectivity index (χ3n) is 1.37. The van der Waals surface area contributed by atoms with Crippen LogP contribution in [0.4, 0.5) is 0 Å². The molecule has 0 bridgehead atoms. The molecule has 0 saturated carbocycles. The van der Waals surface area contributed by atoms with Crippen molar-refractivity contribution in [1.82, 2.24) is 5.32 Å². The molecule has 1 N–H and O–H groups in total. The lowest BCUT2D eigenvalue weighted by Gasteiger charge is -1.97. The smallest absolute Gasteiger partial charge is 0.254 e. The van der Waals surface area contributed by atoms with E-state index in [1.54, 1.807) is 13.0 Å². The van der Waals surface area contributed by atoms with Crippen LogP contribution in [-0.2, 0) is 0 Å². The van der Waals surface area contributed by atoms with Crippen molar-refractivity contribution in [2.75, 3.05) is 11.9 Å². The van der Waals surface area contributed by atoms with Gasteiger partial charge in [0.1, 0.15) is 12.0 Å². The molecular formula is C8H10BrNO2. The molecule has 0 radical (unpaired) electrons. The predicted octanol–water partition coefficient (Wildman–Crippen LogP) is 1.71. The minimum atomic E-state index is -0.0914. The number of aryl methyl sites for hydroxylation is 1. The molecule has 0 spiro atoms. The second-order valence-corrected chi connectivity index (χ2v) is 3.18. The van der Waals surface area contributed by atoms with Crippen LogP contribution in [0.15, 0.2) is 16.7 Å². The number of hydrogen-bond donors (Lipinski definition) is 1. The van der Waals surface area contributed by atoms with Gasteiger partial charge in [-0.1, -0.05) is 15.9 Å². The number of hydrogen-bond acceptors (Lipinski definition) is 2. The molecule has 0 aliphatic rings. The van der Waals surface area contributed by atoms with Gasteiger partial charge in [0.25, 0.3) is 5.91 Å². The molecule has 3 nitrogen and oxygen atoms in total. The van der Waals surface area contributed by atoms with E-state index < -0.39 is 0 Å². The van der Waals surface area contributed by atoms with Crippen LogP contribution in [0.1, 0.15) is 16.1 Å². The van der Waals surface area contributed by atoms with E-state index in [0.29, 0.717) is 12.1 Å². The molecule has 1 aromatic heterocycles. The van der Waals surface area contributed by atoms with Crippen LogP contribution < -0.4 is 5.32 Å². The summed E-state index contributed by atoms with van der Waals surface area (Å²) in [6.07, 6.45) is 1.46. The van der Waals surface area contributed by atoms with Crippen molar-refractivity contribution < 1.29 is 9.21 Å². The van der Waals surface area contributed by atoms with Gasteiger partial charge in [0.15, 0.2) is 0 Å². The molecule has 1 heterocycles. The number of furan rings is 1. The Kier molecular flexibility index (Phi) is 3.34. The summed E-state index contributed by atoms with van der Waals surface area (Å²) in [7, 11) is 0. The van der Waals surface area contributed by atoms with Crippen molar-refractivity contribution in [1.29, 1.82) is 0 Å². The predicted molar refractivity (Wildman–Crippen MR) is 49.6 cm³/mol. The van der Waals surface area contributed by atoms with E-state index in [-0.39, 0.29) is 5.91 Å². The molecular weight excluding hydrogens is 222 g/mol. The van der Waals surface area contributed by atoms with Crippen LogP contribution in [-0.4, -0.2) is 17.8 Å². The summed E-state index contributed by atoms with van der Waals surface area (Å²) in [4.78, 5) is 11.2. The zero-order valence-electron chi connectivity index (χ0n) is 6.76. The summed E-state index contributed by atoms with van der Waals surface area (Å²) in [6, 6.07) is 1.71. The molecule has 66 valence electrons. The molecule has 1 amide bonds. The molecule has 12 heavy (non-hydrogen) atoms. The summed E-state index contributed by atoms with van der Waals surface area (Å²) in [5.41, 5.74) is 0.577.